The first-order chi connectivity index (χ1) is 11.8. The van der Waals surface area contributed by atoms with E-state index in [1.54, 1.807) is 6.07 Å². The van der Waals surface area contributed by atoms with Crippen LogP contribution in [0.25, 0.3) is 0 Å². The molecule has 0 saturated heterocycles. The molecule has 0 aromatic heterocycles. The van der Waals surface area contributed by atoms with Gasteiger partial charge in [0.05, 0.1) is 24.3 Å². The fourth-order valence-corrected chi connectivity index (χ4v) is 2.15. The summed E-state index contributed by atoms with van der Waals surface area (Å²) in [4.78, 5) is 12.1. The molecule has 134 valence electrons. The average molecular weight is 355 g/mol. The van der Waals surface area contributed by atoms with Crippen LogP contribution in [-0.2, 0) is 17.4 Å². The van der Waals surface area contributed by atoms with E-state index in [0.717, 1.165) is 18.2 Å². The van der Waals surface area contributed by atoms with Crippen molar-refractivity contribution in [2.24, 2.45) is 0 Å². The molecule has 7 heteroatoms. The van der Waals surface area contributed by atoms with Crippen LogP contribution in [0.5, 0.6) is 5.75 Å². The van der Waals surface area contributed by atoms with Crippen LogP contribution in [0.15, 0.2) is 42.5 Å². The van der Waals surface area contributed by atoms with Gasteiger partial charge in [-0.2, -0.15) is 13.2 Å². The summed E-state index contributed by atoms with van der Waals surface area (Å²) in [5, 5.41) is 2.38. The number of anilines is 1. The lowest BCUT2D eigenvalue weighted by molar-refractivity contribution is -0.137. The molecule has 0 spiro atoms. The number of halogens is 4. The number of hydrogen-bond donors (Lipinski definition) is 1. The Bertz CT molecular complexity index is 744. The first kappa shape index (κ1) is 18.8. The molecule has 2 aromatic rings. The predicted octanol–water partition coefficient (Wildman–Crippen LogP) is 4.81. The summed E-state index contributed by atoms with van der Waals surface area (Å²) < 4.78 is 57.6. The molecular formula is C18H17F4NO2. The minimum atomic E-state index is -4.55. The molecule has 0 fully saturated rings. The highest BCUT2D eigenvalue weighted by molar-refractivity contribution is 5.93. The molecule has 0 saturated carbocycles. The number of benzene rings is 2. The summed E-state index contributed by atoms with van der Waals surface area (Å²) in [5.41, 5.74) is -0.842. The summed E-state index contributed by atoms with van der Waals surface area (Å²) in [6.07, 6.45) is -4.19. The van der Waals surface area contributed by atoms with Crippen LogP contribution in [0, 0.1) is 5.82 Å². The summed E-state index contributed by atoms with van der Waals surface area (Å²) in [5.74, 6) is -1.05. The Morgan fingerprint density at radius 2 is 1.88 bits per heavy atom. The third-order valence-electron chi connectivity index (χ3n) is 3.35. The van der Waals surface area contributed by atoms with Gasteiger partial charge in [-0.1, -0.05) is 25.1 Å². The van der Waals surface area contributed by atoms with E-state index < -0.39 is 23.5 Å². The topological polar surface area (TPSA) is 38.3 Å². The first-order valence-corrected chi connectivity index (χ1v) is 7.68. The standard InChI is InChI=1S/C18H17F4NO2/c1-2-9-25-16-8-7-13(18(20,21)22)11-15(16)23-17(24)10-12-5-3-4-6-14(12)19/h3-8,11H,2,9-10H2,1H3,(H,23,24). The SMILES string of the molecule is CCCOc1ccc(C(F)(F)F)cc1NC(=O)Cc1ccccc1F. The molecule has 0 aliphatic carbocycles. The highest BCUT2D eigenvalue weighted by Gasteiger charge is 2.31. The van der Waals surface area contributed by atoms with Gasteiger partial charge < -0.3 is 10.1 Å². The third-order valence-corrected chi connectivity index (χ3v) is 3.35. The van der Waals surface area contributed by atoms with E-state index in [9.17, 15) is 22.4 Å². The fourth-order valence-electron chi connectivity index (χ4n) is 2.15. The zero-order valence-electron chi connectivity index (χ0n) is 13.5. The first-order valence-electron chi connectivity index (χ1n) is 7.68. The Kier molecular flexibility index (Phi) is 6.01. The minimum Gasteiger partial charge on any atom is -0.491 e. The average Bonchev–Trinajstić information content (AvgIpc) is 2.55. The number of hydrogen-bond acceptors (Lipinski definition) is 2. The van der Waals surface area contributed by atoms with E-state index in [0.29, 0.717) is 13.0 Å². The monoisotopic (exact) mass is 355 g/mol. The van der Waals surface area contributed by atoms with Crippen molar-refractivity contribution in [3.63, 3.8) is 0 Å². The van der Waals surface area contributed by atoms with E-state index in [1.165, 1.54) is 18.2 Å². The molecule has 1 amide bonds. The van der Waals surface area contributed by atoms with Crippen molar-refractivity contribution in [2.45, 2.75) is 25.9 Å². The van der Waals surface area contributed by atoms with E-state index in [2.05, 4.69) is 5.32 Å². The molecule has 25 heavy (non-hydrogen) atoms. The number of amides is 1. The molecule has 3 nitrogen and oxygen atoms in total. The maximum atomic E-state index is 13.6. The zero-order chi connectivity index (χ0) is 18.4. The second-order valence-electron chi connectivity index (χ2n) is 5.37. The highest BCUT2D eigenvalue weighted by atomic mass is 19.4. The van der Waals surface area contributed by atoms with Gasteiger partial charge in [0, 0.05) is 0 Å². The maximum absolute atomic E-state index is 13.6. The van der Waals surface area contributed by atoms with Crippen molar-refractivity contribution in [3.8, 4) is 5.75 Å². The zero-order valence-corrected chi connectivity index (χ0v) is 13.5. The van der Waals surface area contributed by atoms with Crippen molar-refractivity contribution in [3.05, 3.63) is 59.4 Å². The van der Waals surface area contributed by atoms with Gasteiger partial charge >= 0.3 is 6.18 Å². The summed E-state index contributed by atoms with van der Waals surface area (Å²) >= 11 is 0. The molecule has 0 unspecified atom stereocenters. The molecule has 2 aromatic carbocycles. The summed E-state index contributed by atoms with van der Waals surface area (Å²) in [7, 11) is 0. The molecule has 0 heterocycles. The lowest BCUT2D eigenvalue weighted by Gasteiger charge is -2.15. The van der Waals surface area contributed by atoms with Crippen LogP contribution >= 0.6 is 0 Å². The largest absolute Gasteiger partial charge is 0.491 e. The Hall–Kier alpha value is -2.57. The lowest BCUT2D eigenvalue weighted by atomic mass is 10.1. The Balaban J connectivity index is 2.22. The Morgan fingerprint density at radius 1 is 1.16 bits per heavy atom. The maximum Gasteiger partial charge on any atom is 0.416 e. The van der Waals surface area contributed by atoms with Gasteiger partial charge in [-0.3, -0.25) is 4.79 Å². The highest BCUT2D eigenvalue weighted by Crippen LogP contribution is 2.35. The minimum absolute atomic E-state index is 0.0929. The van der Waals surface area contributed by atoms with Crippen LogP contribution < -0.4 is 10.1 Å². The normalized spacial score (nSPS) is 11.2. The van der Waals surface area contributed by atoms with Crippen LogP contribution in [-0.4, -0.2) is 12.5 Å². The molecule has 1 N–H and O–H groups in total. The van der Waals surface area contributed by atoms with E-state index in [4.69, 9.17) is 4.74 Å². The lowest BCUT2D eigenvalue weighted by Crippen LogP contribution is -2.17. The second kappa shape index (κ2) is 8.00. The summed E-state index contributed by atoms with van der Waals surface area (Å²) in [6, 6.07) is 8.57. The van der Waals surface area contributed by atoms with Crippen molar-refractivity contribution in [1.82, 2.24) is 0 Å². The van der Waals surface area contributed by atoms with Gasteiger partial charge in [0.1, 0.15) is 11.6 Å². The van der Waals surface area contributed by atoms with Crippen molar-refractivity contribution >= 4 is 11.6 Å². The number of carbonyl (C=O) groups excluding carboxylic acids is 1. The third kappa shape index (κ3) is 5.20. The molecule has 2 rings (SSSR count). The quantitative estimate of drug-likeness (QED) is 0.755. The van der Waals surface area contributed by atoms with Crippen molar-refractivity contribution < 1.29 is 27.1 Å². The Morgan fingerprint density at radius 3 is 2.52 bits per heavy atom. The molecule has 0 radical (unpaired) electrons. The van der Waals surface area contributed by atoms with Gasteiger partial charge in [0.25, 0.3) is 0 Å². The van der Waals surface area contributed by atoms with Gasteiger partial charge in [0.15, 0.2) is 0 Å². The van der Waals surface area contributed by atoms with E-state index in [-0.39, 0.29) is 23.4 Å². The summed E-state index contributed by atoms with van der Waals surface area (Å²) in [6.45, 7) is 2.14. The van der Waals surface area contributed by atoms with Crippen LogP contribution in [0.2, 0.25) is 0 Å². The number of alkyl halides is 3. The molecule has 0 atom stereocenters. The molecule has 0 aliphatic heterocycles. The fraction of sp³-hybridized carbons (Fsp3) is 0.278. The second-order valence-corrected chi connectivity index (χ2v) is 5.37. The van der Waals surface area contributed by atoms with E-state index >= 15 is 0 Å². The molecular weight excluding hydrogens is 338 g/mol. The van der Waals surface area contributed by atoms with Crippen LogP contribution in [0.1, 0.15) is 24.5 Å². The van der Waals surface area contributed by atoms with Crippen molar-refractivity contribution in [2.75, 3.05) is 11.9 Å². The number of rotatable bonds is 6. The van der Waals surface area contributed by atoms with Crippen LogP contribution in [0.4, 0.5) is 23.2 Å². The van der Waals surface area contributed by atoms with Gasteiger partial charge in [-0.15, -0.1) is 0 Å². The molecule has 0 bridgehead atoms. The van der Waals surface area contributed by atoms with Crippen LogP contribution in [0.3, 0.4) is 0 Å². The number of nitrogens with one attached hydrogen (secondary N) is 1. The van der Waals surface area contributed by atoms with Gasteiger partial charge in [0.2, 0.25) is 5.91 Å². The number of carbonyl (C=O) groups is 1. The van der Waals surface area contributed by atoms with Gasteiger partial charge in [-0.25, -0.2) is 4.39 Å². The smallest absolute Gasteiger partial charge is 0.416 e. The van der Waals surface area contributed by atoms with E-state index in [1.807, 2.05) is 6.92 Å². The predicted molar refractivity (Wildman–Crippen MR) is 86.0 cm³/mol. The van der Waals surface area contributed by atoms with Gasteiger partial charge in [-0.05, 0) is 36.2 Å². The number of ether oxygens (including phenoxy) is 1. The molecule has 0 aliphatic rings. The Labute approximate surface area is 142 Å². The van der Waals surface area contributed by atoms with Crippen molar-refractivity contribution in [1.29, 1.82) is 0 Å².